The van der Waals surface area contributed by atoms with Gasteiger partial charge < -0.3 is 5.11 Å². The number of hydrogen-bond donors (Lipinski definition) is 2. The normalized spacial score (nSPS) is 24.1. The van der Waals surface area contributed by atoms with Crippen LogP contribution in [0.4, 0.5) is 0 Å². The van der Waals surface area contributed by atoms with E-state index < -0.39 is 16.1 Å². The Morgan fingerprint density at radius 3 is 3.00 bits per heavy atom. The highest BCUT2D eigenvalue weighted by molar-refractivity contribution is 7.89. The molecule has 19 heavy (non-hydrogen) atoms. The van der Waals surface area contributed by atoms with E-state index in [2.05, 4.69) is 9.71 Å². The van der Waals surface area contributed by atoms with Gasteiger partial charge in [0, 0.05) is 12.2 Å². The highest BCUT2D eigenvalue weighted by Gasteiger charge is 2.30. The molecule has 0 spiro atoms. The van der Waals surface area contributed by atoms with Gasteiger partial charge in [0.05, 0.1) is 16.3 Å². The number of rotatable bonds is 3. The number of fused-ring (bicyclic) bond motifs is 1. The van der Waals surface area contributed by atoms with Gasteiger partial charge in [0.25, 0.3) is 0 Å². The maximum absolute atomic E-state index is 12.2. The molecular formula is C12H14N2O3S2. The first kappa shape index (κ1) is 13.0. The molecule has 2 heterocycles. The highest BCUT2D eigenvalue weighted by atomic mass is 32.2. The summed E-state index contributed by atoms with van der Waals surface area (Å²) in [7, 11) is -3.61. The van der Waals surface area contributed by atoms with Gasteiger partial charge in [-0.2, -0.15) is 0 Å². The molecule has 1 aliphatic carbocycles. The van der Waals surface area contributed by atoms with Crippen LogP contribution in [0.5, 0.6) is 0 Å². The predicted molar refractivity (Wildman–Crippen MR) is 73.6 cm³/mol. The standard InChI is InChI=1S/C12H14N2O3S2/c15-11-3-1-2-9(11)14-19(16,17)8-6-12-10(13-7-8)4-5-18-12/h4-7,9,11,14-15H,1-3H2/t9-,11-/m1/s1. The monoisotopic (exact) mass is 298 g/mol. The average molecular weight is 298 g/mol. The number of nitrogens with zero attached hydrogens (tertiary/aromatic N) is 1. The lowest BCUT2D eigenvalue weighted by Gasteiger charge is -2.16. The third-order valence-electron chi connectivity index (χ3n) is 3.37. The quantitative estimate of drug-likeness (QED) is 0.899. The zero-order chi connectivity index (χ0) is 13.5. The van der Waals surface area contributed by atoms with Crippen molar-refractivity contribution in [3.05, 3.63) is 23.7 Å². The van der Waals surface area contributed by atoms with Crippen LogP contribution in [0, 0.1) is 0 Å². The van der Waals surface area contributed by atoms with Gasteiger partial charge in [-0.15, -0.1) is 11.3 Å². The molecule has 2 aromatic heterocycles. The summed E-state index contributed by atoms with van der Waals surface area (Å²) in [6, 6.07) is 3.09. The molecule has 0 aliphatic heterocycles. The van der Waals surface area contributed by atoms with Gasteiger partial charge in [-0.1, -0.05) is 0 Å². The molecule has 1 saturated carbocycles. The van der Waals surface area contributed by atoms with Crippen LogP contribution in [0.15, 0.2) is 28.6 Å². The van der Waals surface area contributed by atoms with Gasteiger partial charge in [-0.3, -0.25) is 4.98 Å². The molecular weight excluding hydrogens is 284 g/mol. The molecule has 1 fully saturated rings. The number of hydrogen-bond acceptors (Lipinski definition) is 5. The highest BCUT2D eigenvalue weighted by Crippen LogP contribution is 2.24. The fourth-order valence-electron chi connectivity index (χ4n) is 2.32. The number of nitrogens with one attached hydrogen (secondary N) is 1. The lowest BCUT2D eigenvalue weighted by Crippen LogP contribution is -2.39. The van der Waals surface area contributed by atoms with Gasteiger partial charge in [0.1, 0.15) is 4.90 Å². The molecule has 0 bridgehead atoms. The van der Waals surface area contributed by atoms with Crippen LogP contribution in [0.2, 0.25) is 0 Å². The summed E-state index contributed by atoms with van der Waals surface area (Å²) in [4.78, 5) is 4.28. The van der Waals surface area contributed by atoms with E-state index in [1.165, 1.54) is 17.5 Å². The predicted octanol–water partition coefficient (Wildman–Crippen LogP) is 1.49. The zero-order valence-electron chi connectivity index (χ0n) is 10.1. The molecule has 0 radical (unpaired) electrons. The minimum Gasteiger partial charge on any atom is -0.391 e. The number of aliphatic hydroxyl groups is 1. The molecule has 5 nitrogen and oxygen atoms in total. The first-order valence-electron chi connectivity index (χ1n) is 6.10. The van der Waals surface area contributed by atoms with E-state index in [0.29, 0.717) is 12.8 Å². The molecule has 7 heteroatoms. The van der Waals surface area contributed by atoms with E-state index in [9.17, 15) is 13.5 Å². The summed E-state index contributed by atoms with van der Waals surface area (Å²) in [5, 5.41) is 11.6. The van der Waals surface area contributed by atoms with Crippen molar-refractivity contribution < 1.29 is 13.5 Å². The minimum absolute atomic E-state index is 0.154. The van der Waals surface area contributed by atoms with Crippen LogP contribution in [0.25, 0.3) is 10.2 Å². The van der Waals surface area contributed by atoms with E-state index in [0.717, 1.165) is 16.6 Å². The third kappa shape index (κ3) is 2.51. The summed E-state index contributed by atoms with van der Waals surface area (Å²) >= 11 is 1.46. The van der Waals surface area contributed by atoms with Gasteiger partial charge in [0.2, 0.25) is 10.0 Å². The van der Waals surface area contributed by atoms with E-state index in [1.807, 2.05) is 11.4 Å². The van der Waals surface area contributed by atoms with Crippen LogP contribution in [0.1, 0.15) is 19.3 Å². The Kier molecular flexibility index (Phi) is 3.30. The van der Waals surface area contributed by atoms with Crippen LogP contribution in [-0.4, -0.2) is 30.7 Å². The van der Waals surface area contributed by atoms with Crippen molar-refractivity contribution in [2.45, 2.75) is 36.3 Å². The van der Waals surface area contributed by atoms with Crippen molar-refractivity contribution in [1.29, 1.82) is 0 Å². The van der Waals surface area contributed by atoms with Crippen LogP contribution >= 0.6 is 11.3 Å². The molecule has 0 amide bonds. The lowest BCUT2D eigenvalue weighted by molar-refractivity contribution is 0.159. The number of thiophene rings is 1. The summed E-state index contributed by atoms with van der Waals surface area (Å²) in [6.07, 6.45) is 2.94. The molecule has 2 N–H and O–H groups in total. The minimum atomic E-state index is -3.61. The maximum atomic E-state index is 12.2. The van der Waals surface area contributed by atoms with Gasteiger partial charge in [-0.25, -0.2) is 13.1 Å². The van der Waals surface area contributed by atoms with Crippen molar-refractivity contribution >= 4 is 31.6 Å². The van der Waals surface area contributed by atoms with Crippen molar-refractivity contribution in [3.63, 3.8) is 0 Å². The van der Waals surface area contributed by atoms with Crippen molar-refractivity contribution in [2.75, 3.05) is 0 Å². The van der Waals surface area contributed by atoms with Crippen LogP contribution in [-0.2, 0) is 10.0 Å². The van der Waals surface area contributed by atoms with E-state index >= 15 is 0 Å². The second-order valence-corrected chi connectivity index (χ2v) is 7.36. The number of sulfonamides is 1. The number of aliphatic hydroxyl groups excluding tert-OH is 1. The smallest absolute Gasteiger partial charge is 0.242 e. The number of aromatic nitrogens is 1. The molecule has 102 valence electrons. The summed E-state index contributed by atoms with van der Waals surface area (Å²) in [5.74, 6) is 0. The van der Waals surface area contributed by atoms with Crippen molar-refractivity contribution in [2.24, 2.45) is 0 Å². The second kappa shape index (κ2) is 4.82. The molecule has 0 aromatic carbocycles. The van der Waals surface area contributed by atoms with E-state index in [1.54, 1.807) is 6.07 Å². The first-order valence-corrected chi connectivity index (χ1v) is 8.46. The van der Waals surface area contributed by atoms with Gasteiger partial charge in [0.15, 0.2) is 0 Å². The fraction of sp³-hybridized carbons (Fsp3) is 0.417. The topological polar surface area (TPSA) is 79.3 Å². The summed E-state index contributed by atoms with van der Waals surface area (Å²) in [5.41, 5.74) is 0.796. The average Bonchev–Trinajstić information content (AvgIpc) is 2.97. The van der Waals surface area contributed by atoms with Gasteiger partial charge >= 0.3 is 0 Å². The zero-order valence-corrected chi connectivity index (χ0v) is 11.7. The fourth-order valence-corrected chi connectivity index (χ4v) is 4.45. The first-order chi connectivity index (χ1) is 9.06. The molecule has 2 aromatic rings. The molecule has 1 aliphatic rings. The van der Waals surface area contributed by atoms with Crippen LogP contribution in [0.3, 0.4) is 0 Å². The largest absolute Gasteiger partial charge is 0.391 e. The Labute approximate surface area is 115 Å². The van der Waals surface area contributed by atoms with Crippen LogP contribution < -0.4 is 4.72 Å². The Morgan fingerprint density at radius 1 is 1.42 bits per heavy atom. The van der Waals surface area contributed by atoms with Gasteiger partial charge in [-0.05, 0) is 36.8 Å². The number of pyridine rings is 1. The second-order valence-electron chi connectivity index (χ2n) is 4.70. The lowest BCUT2D eigenvalue weighted by atomic mass is 10.2. The Morgan fingerprint density at radius 2 is 2.26 bits per heavy atom. The molecule has 3 rings (SSSR count). The molecule has 0 unspecified atom stereocenters. The Balaban J connectivity index is 1.90. The third-order valence-corrected chi connectivity index (χ3v) is 5.68. The van der Waals surface area contributed by atoms with Crippen molar-refractivity contribution in [3.8, 4) is 0 Å². The molecule has 0 saturated heterocycles. The van der Waals surface area contributed by atoms with E-state index in [4.69, 9.17) is 0 Å². The summed E-state index contributed by atoms with van der Waals surface area (Å²) < 4.78 is 27.9. The van der Waals surface area contributed by atoms with E-state index in [-0.39, 0.29) is 10.9 Å². The summed E-state index contributed by atoms with van der Waals surface area (Å²) in [6.45, 7) is 0. The van der Waals surface area contributed by atoms with Crippen molar-refractivity contribution in [1.82, 2.24) is 9.71 Å². The SMILES string of the molecule is O=S(=O)(N[C@@H]1CCC[C@H]1O)c1cnc2ccsc2c1. The molecule has 2 atom stereocenters. The Bertz CT molecular complexity index is 696. The maximum Gasteiger partial charge on any atom is 0.242 e. The Hall–Kier alpha value is -1.02.